The van der Waals surface area contributed by atoms with Crippen molar-refractivity contribution in [3.05, 3.63) is 104 Å². The standard InChI is InChI=1S/C28H20BrClN2O3S/c1-34-25-12-10-20(30)15-23(25)31-28-32-27(33)26(36-28)14-17-9-11-24(22(29)13-17)35-16-19-7-4-6-18-5-2-3-8-21(18)19/h2-15H,16H2,1H3,(H,31,32,33)/b26-14-. The zero-order valence-corrected chi connectivity index (χ0v) is 22.3. The molecule has 0 aliphatic carbocycles. The Morgan fingerprint density at radius 1 is 1.03 bits per heavy atom. The van der Waals surface area contributed by atoms with Gasteiger partial charge in [0.2, 0.25) is 0 Å². The Bertz CT molecular complexity index is 1530. The second kappa shape index (κ2) is 10.8. The third kappa shape index (κ3) is 5.43. The van der Waals surface area contributed by atoms with E-state index in [4.69, 9.17) is 21.1 Å². The number of amidine groups is 1. The van der Waals surface area contributed by atoms with Crippen molar-refractivity contribution in [2.45, 2.75) is 6.61 Å². The Kier molecular flexibility index (Phi) is 7.32. The number of carbonyl (C=O) groups excluding carboxylic acids is 1. The van der Waals surface area contributed by atoms with Crippen molar-refractivity contribution in [1.29, 1.82) is 0 Å². The molecule has 0 aromatic heterocycles. The predicted molar refractivity (Wildman–Crippen MR) is 151 cm³/mol. The molecule has 0 radical (unpaired) electrons. The highest BCUT2D eigenvalue weighted by molar-refractivity contribution is 9.10. The van der Waals surface area contributed by atoms with Crippen LogP contribution in [0.4, 0.5) is 5.69 Å². The third-order valence-corrected chi connectivity index (χ3v) is 7.30. The van der Waals surface area contributed by atoms with E-state index in [1.165, 1.54) is 22.5 Å². The van der Waals surface area contributed by atoms with Crippen LogP contribution < -0.4 is 14.8 Å². The highest BCUT2D eigenvalue weighted by Crippen LogP contribution is 2.35. The molecule has 4 aromatic carbocycles. The highest BCUT2D eigenvalue weighted by atomic mass is 79.9. The van der Waals surface area contributed by atoms with E-state index in [1.807, 2.05) is 42.5 Å². The molecular formula is C28H20BrClN2O3S. The van der Waals surface area contributed by atoms with Crippen LogP contribution in [0.5, 0.6) is 11.5 Å². The molecule has 4 aromatic rings. The maximum Gasteiger partial charge on any atom is 0.264 e. The average Bonchev–Trinajstić information content (AvgIpc) is 3.21. The molecule has 8 heteroatoms. The van der Waals surface area contributed by atoms with Gasteiger partial charge in [-0.3, -0.25) is 4.79 Å². The van der Waals surface area contributed by atoms with E-state index in [9.17, 15) is 4.79 Å². The number of nitrogens with zero attached hydrogens (tertiary/aromatic N) is 1. The minimum Gasteiger partial charge on any atom is -0.494 e. The first kappa shape index (κ1) is 24.4. The number of benzene rings is 4. The third-order valence-electron chi connectivity index (χ3n) is 5.53. The number of fused-ring (bicyclic) bond motifs is 1. The fraction of sp³-hybridized carbons (Fsp3) is 0.0714. The summed E-state index contributed by atoms with van der Waals surface area (Å²) in [6.07, 6.45) is 1.82. The van der Waals surface area contributed by atoms with Gasteiger partial charge in [0.1, 0.15) is 23.8 Å². The number of hydrogen-bond donors (Lipinski definition) is 1. The summed E-state index contributed by atoms with van der Waals surface area (Å²) in [6, 6.07) is 25.3. The van der Waals surface area contributed by atoms with Gasteiger partial charge in [0.05, 0.1) is 16.5 Å². The molecule has 1 amide bonds. The topological polar surface area (TPSA) is 59.9 Å². The van der Waals surface area contributed by atoms with Gasteiger partial charge >= 0.3 is 0 Å². The van der Waals surface area contributed by atoms with Gasteiger partial charge in [-0.1, -0.05) is 60.1 Å². The van der Waals surface area contributed by atoms with Crippen molar-refractivity contribution in [3.8, 4) is 11.5 Å². The average molecular weight is 580 g/mol. The molecule has 5 nitrogen and oxygen atoms in total. The molecule has 1 heterocycles. The number of methoxy groups -OCH3 is 1. The second-order valence-corrected chi connectivity index (χ2v) is 10.2. The van der Waals surface area contributed by atoms with Gasteiger partial charge < -0.3 is 14.8 Å². The maximum atomic E-state index is 12.5. The lowest BCUT2D eigenvalue weighted by molar-refractivity contribution is -0.115. The van der Waals surface area contributed by atoms with Crippen LogP contribution >= 0.6 is 39.3 Å². The molecule has 0 unspecified atom stereocenters. The Morgan fingerprint density at radius 3 is 2.67 bits per heavy atom. The summed E-state index contributed by atoms with van der Waals surface area (Å²) in [5.41, 5.74) is 2.52. The van der Waals surface area contributed by atoms with Crippen LogP contribution in [0.3, 0.4) is 0 Å². The molecule has 0 bridgehead atoms. The molecule has 36 heavy (non-hydrogen) atoms. The number of carbonyl (C=O) groups is 1. The van der Waals surface area contributed by atoms with Crippen molar-refractivity contribution in [2.75, 3.05) is 7.11 Å². The lowest BCUT2D eigenvalue weighted by Gasteiger charge is -2.11. The van der Waals surface area contributed by atoms with E-state index in [1.54, 1.807) is 25.3 Å². The first-order valence-corrected chi connectivity index (χ1v) is 13.0. The van der Waals surface area contributed by atoms with Gasteiger partial charge in [-0.2, -0.15) is 0 Å². The van der Waals surface area contributed by atoms with Crippen LogP contribution in [0, 0.1) is 0 Å². The first-order valence-electron chi connectivity index (χ1n) is 11.0. The molecule has 180 valence electrons. The van der Waals surface area contributed by atoms with Crippen LogP contribution in [-0.4, -0.2) is 18.2 Å². The van der Waals surface area contributed by atoms with Crippen molar-refractivity contribution in [1.82, 2.24) is 5.32 Å². The highest BCUT2D eigenvalue weighted by Gasteiger charge is 2.24. The normalized spacial score (nSPS) is 15.5. The van der Waals surface area contributed by atoms with E-state index in [0.717, 1.165) is 21.3 Å². The molecule has 1 saturated heterocycles. The van der Waals surface area contributed by atoms with Crippen LogP contribution in [-0.2, 0) is 11.4 Å². The Labute approximate surface area is 226 Å². The smallest absolute Gasteiger partial charge is 0.264 e. The largest absolute Gasteiger partial charge is 0.494 e. The lowest BCUT2D eigenvalue weighted by atomic mass is 10.1. The number of aliphatic imine (C=N–C) groups is 1. The van der Waals surface area contributed by atoms with Crippen molar-refractivity contribution < 1.29 is 14.3 Å². The molecule has 5 rings (SSSR count). The van der Waals surface area contributed by atoms with Gasteiger partial charge in [-0.15, -0.1) is 0 Å². The molecular weight excluding hydrogens is 560 g/mol. The molecule has 0 saturated carbocycles. The van der Waals surface area contributed by atoms with Crippen LogP contribution in [0.25, 0.3) is 16.8 Å². The van der Waals surface area contributed by atoms with Crippen molar-refractivity contribution >= 4 is 72.9 Å². The van der Waals surface area contributed by atoms with E-state index < -0.39 is 0 Å². The summed E-state index contributed by atoms with van der Waals surface area (Å²) in [6.45, 7) is 0.450. The van der Waals surface area contributed by atoms with Crippen LogP contribution in [0.2, 0.25) is 5.02 Å². The molecule has 0 atom stereocenters. The van der Waals surface area contributed by atoms with Crippen LogP contribution in [0.1, 0.15) is 11.1 Å². The summed E-state index contributed by atoms with van der Waals surface area (Å²) in [5, 5.41) is 6.15. The van der Waals surface area contributed by atoms with E-state index >= 15 is 0 Å². The molecule has 1 aliphatic rings. The Morgan fingerprint density at radius 2 is 1.83 bits per heavy atom. The summed E-state index contributed by atoms with van der Waals surface area (Å²) < 4.78 is 12.2. The van der Waals surface area contributed by atoms with Crippen molar-refractivity contribution in [2.24, 2.45) is 4.99 Å². The van der Waals surface area contributed by atoms with Crippen molar-refractivity contribution in [3.63, 3.8) is 0 Å². The number of ether oxygens (including phenoxy) is 2. The summed E-state index contributed by atoms with van der Waals surface area (Å²) in [7, 11) is 1.56. The Balaban J connectivity index is 1.31. The molecule has 0 spiro atoms. The van der Waals surface area contributed by atoms with Gasteiger partial charge in [-0.05, 0) is 86.0 Å². The zero-order chi connectivity index (χ0) is 25.1. The number of halogens is 2. The second-order valence-electron chi connectivity index (χ2n) is 7.91. The van der Waals surface area contributed by atoms with Gasteiger partial charge in [0, 0.05) is 5.02 Å². The number of hydrogen-bond acceptors (Lipinski definition) is 5. The number of nitrogens with one attached hydrogen (secondary N) is 1. The quantitative estimate of drug-likeness (QED) is 0.237. The van der Waals surface area contributed by atoms with E-state index in [-0.39, 0.29) is 5.91 Å². The molecule has 1 N–H and O–H groups in total. The fourth-order valence-electron chi connectivity index (χ4n) is 3.79. The number of thioether (sulfide) groups is 1. The molecule has 1 fully saturated rings. The zero-order valence-electron chi connectivity index (χ0n) is 19.1. The summed E-state index contributed by atoms with van der Waals surface area (Å²) in [4.78, 5) is 17.6. The SMILES string of the molecule is COc1ccc(Cl)cc1N=C1NC(=O)/C(=C/c2ccc(OCc3cccc4ccccc34)c(Br)c2)S1. The number of rotatable bonds is 6. The fourth-order valence-corrected chi connectivity index (χ4v) is 5.30. The molecule has 1 aliphatic heterocycles. The summed E-state index contributed by atoms with van der Waals surface area (Å²) in [5.74, 6) is 1.08. The van der Waals surface area contributed by atoms with Crippen LogP contribution in [0.15, 0.2) is 93.2 Å². The van der Waals surface area contributed by atoms with E-state index in [2.05, 4.69) is 50.5 Å². The monoisotopic (exact) mass is 578 g/mol. The van der Waals surface area contributed by atoms with E-state index in [0.29, 0.717) is 33.1 Å². The minimum absolute atomic E-state index is 0.216. The lowest BCUT2D eigenvalue weighted by Crippen LogP contribution is -2.19. The maximum absolute atomic E-state index is 12.5. The summed E-state index contributed by atoms with van der Waals surface area (Å²) >= 11 is 10.9. The van der Waals surface area contributed by atoms with Gasteiger partial charge in [0.15, 0.2) is 5.17 Å². The first-order chi connectivity index (χ1) is 17.5. The van der Waals surface area contributed by atoms with Gasteiger partial charge in [0.25, 0.3) is 5.91 Å². The number of amides is 1. The predicted octanol–water partition coefficient (Wildman–Crippen LogP) is 7.73. The minimum atomic E-state index is -0.216. The van der Waals surface area contributed by atoms with Gasteiger partial charge in [-0.25, -0.2) is 4.99 Å². The Hall–Kier alpha value is -3.26.